The van der Waals surface area contributed by atoms with Crippen LogP contribution in [0.25, 0.3) is 0 Å². The van der Waals surface area contributed by atoms with E-state index in [-0.39, 0.29) is 10.9 Å². The molecule has 1 nitrogen and oxygen atoms in total. The molecule has 5 unspecified atom stereocenters. The third-order valence-corrected chi connectivity index (χ3v) is 6.20. The average molecular weight is 291 g/mol. The molecular formula is C19H38BN. The van der Waals surface area contributed by atoms with E-state index in [1.165, 1.54) is 12.8 Å². The fraction of sp³-hybridized carbons (Fsp3) is 1.00. The zero-order valence-electron chi connectivity index (χ0n) is 16.0. The van der Waals surface area contributed by atoms with Crippen LogP contribution in [0.2, 0.25) is 5.31 Å². The van der Waals surface area contributed by atoms with Gasteiger partial charge in [-0.3, -0.25) is 0 Å². The minimum absolute atomic E-state index is 0.0772. The van der Waals surface area contributed by atoms with Crippen molar-refractivity contribution in [2.75, 3.05) is 0 Å². The van der Waals surface area contributed by atoms with Crippen LogP contribution in [0.4, 0.5) is 0 Å². The molecule has 2 N–H and O–H groups in total. The quantitative estimate of drug-likeness (QED) is 0.681. The van der Waals surface area contributed by atoms with Gasteiger partial charge in [0.25, 0.3) is 0 Å². The molecule has 0 aromatic rings. The topological polar surface area (TPSA) is 26.0 Å². The molecule has 0 amide bonds. The number of nitrogens with two attached hydrogens (primary N) is 1. The molecule has 1 aliphatic carbocycles. The van der Waals surface area contributed by atoms with Crippen LogP contribution in [0.5, 0.6) is 0 Å². The largest absolute Gasteiger partial charge is 0.325 e. The van der Waals surface area contributed by atoms with E-state index in [1.807, 2.05) is 0 Å². The molecular weight excluding hydrogens is 253 g/mol. The first-order valence-corrected chi connectivity index (χ1v) is 8.82. The van der Waals surface area contributed by atoms with Gasteiger partial charge in [-0.1, -0.05) is 60.2 Å². The summed E-state index contributed by atoms with van der Waals surface area (Å²) in [5.74, 6) is 3.00. The molecule has 0 saturated heterocycles. The molecule has 1 rings (SSSR count). The maximum Gasteiger partial charge on any atom is 0.0750 e. The van der Waals surface area contributed by atoms with Crippen molar-refractivity contribution in [3.05, 3.63) is 0 Å². The van der Waals surface area contributed by atoms with Crippen LogP contribution in [0, 0.1) is 35.0 Å². The first-order valence-electron chi connectivity index (χ1n) is 8.82. The lowest BCUT2D eigenvalue weighted by Crippen LogP contribution is -2.42. The first-order chi connectivity index (χ1) is 9.24. The summed E-state index contributed by atoms with van der Waals surface area (Å²) in [7, 11) is 6.88. The van der Waals surface area contributed by atoms with E-state index in [0.29, 0.717) is 35.0 Å². The standard InChI is InChI=1S/C19H38BN/c1-10-14(17(4,5)6)16(19(9,20)12(2)3)13-11-15(13)18(7,8)21/h12-16H,10-11,21H2,1-9H3. The van der Waals surface area contributed by atoms with Gasteiger partial charge in [0.1, 0.15) is 0 Å². The predicted molar refractivity (Wildman–Crippen MR) is 95.5 cm³/mol. The Kier molecular flexibility index (Phi) is 5.37. The molecule has 2 heteroatoms. The second-order valence-electron chi connectivity index (χ2n) is 9.75. The summed E-state index contributed by atoms with van der Waals surface area (Å²) >= 11 is 0. The molecule has 0 aliphatic heterocycles. The van der Waals surface area contributed by atoms with E-state index in [1.54, 1.807) is 0 Å². The lowest BCUT2D eigenvalue weighted by Gasteiger charge is -2.49. The molecule has 2 radical (unpaired) electrons. The van der Waals surface area contributed by atoms with E-state index in [2.05, 4.69) is 62.3 Å². The fourth-order valence-corrected chi connectivity index (χ4v) is 4.45. The van der Waals surface area contributed by atoms with Crippen molar-refractivity contribution < 1.29 is 0 Å². The average Bonchev–Trinajstić information content (AvgIpc) is 3.02. The molecule has 0 aromatic heterocycles. The lowest BCUT2D eigenvalue weighted by molar-refractivity contribution is 0.0766. The maximum absolute atomic E-state index is 6.88. The SMILES string of the molecule is [B]C(C)(C(C)C)C(C1CC1C(C)(C)N)C(CC)C(C)(C)C. The Bertz CT molecular complexity index is 346. The summed E-state index contributed by atoms with van der Waals surface area (Å²) in [6.07, 6.45) is 2.45. The van der Waals surface area contributed by atoms with Gasteiger partial charge in [0.05, 0.1) is 7.85 Å². The Morgan fingerprint density at radius 1 is 1.10 bits per heavy atom. The Labute approximate surface area is 135 Å². The van der Waals surface area contributed by atoms with Crippen LogP contribution in [0.15, 0.2) is 0 Å². The van der Waals surface area contributed by atoms with Gasteiger partial charge in [-0.25, -0.2) is 0 Å². The minimum atomic E-state index is -0.126. The smallest absolute Gasteiger partial charge is 0.0750 e. The van der Waals surface area contributed by atoms with E-state index in [9.17, 15) is 0 Å². The monoisotopic (exact) mass is 291 g/mol. The molecule has 1 fully saturated rings. The van der Waals surface area contributed by atoms with Crippen LogP contribution < -0.4 is 5.73 Å². The minimum Gasteiger partial charge on any atom is -0.325 e. The molecule has 0 heterocycles. The first kappa shape index (κ1) is 19.1. The summed E-state index contributed by atoms with van der Waals surface area (Å²) < 4.78 is 0. The molecule has 1 aliphatic rings. The highest BCUT2D eigenvalue weighted by atomic mass is 14.8. The van der Waals surface area contributed by atoms with Gasteiger partial charge in [0.2, 0.25) is 0 Å². The fourth-order valence-electron chi connectivity index (χ4n) is 4.45. The van der Waals surface area contributed by atoms with Crippen LogP contribution in [0.1, 0.15) is 75.2 Å². The van der Waals surface area contributed by atoms with Crippen LogP contribution >= 0.6 is 0 Å². The zero-order chi connectivity index (χ0) is 16.8. The van der Waals surface area contributed by atoms with E-state index in [0.717, 1.165) is 0 Å². The third-order valence-electron chi connectivity index (χ3n) is 6.20. The van der Waals surface area contributed by atoms with Gasteiger partial charge in [0, 0.05) is 5.54 Å². The second kappa shape index (κ2) is 5.91. The van der Waals surface area contributed by atoms with Crippen molar-refractivity contribution in [2.45, 2.75) is 86.0 Å². The van der Waals surface area contributed by atoms with Crippen molar-refractivity contribution >= 4 is 7.85 Å². The summed E-state index contributed by atoms with van der Waals surface area (Å²) in [4.78, 5) is 0. The van der Waals surface area contributed by atoms with Crippen molar-refractivity contribution in [3.8, 4) is 0 Å². The van der Waals surface area contributed by atoms with Gasteiger partial charge in [0.15, 0.2) is 0 Å². The predicted octanol–water partition coefficient (Wildman–Crippen LogP) is 5.05. The maximum atomic E-state index is 6.88. The van der Waals surface area contributed by atoms with E-state index in [4.69, 9.17) is 13.6 Å². The van der Waals surface area contributed by atoms with Crippen molar-refractivity contribution in [3.63, 3.8) is 0 Å². The van der Waals surface area contributed by atoms with Gasteiger partial charge in [-0.05, 0) is 55.3 Å². The molecule has 1 saturated carbocycles. The van der Waals surface area contributed by atoms with Gasteiger partial charge >= 0.3 is 0 Å². The lowest BCUT2D eigenvalue weighted by atomic mass is 9.48. The summed E-state index contributed by atoms with van der Waals surface area (Å²) in [6, 6.07) is 0. The number of rotatable bonds is 6. The van der Waals surface area contributed by atoms with Crippen LogP contribution in [-0.2, 0) is 0 Å². The van der Waals surface area contributed by atoms with Crippen LogP contribution in [-0.4, -0.2) is 13.4 Å². The Balaban J connectivity index is 3.15. The second-order valence-corrected chi connectivity index (χ2v) is 9.75. The summed E-state index contributed by atoms with van der Waals surface area (Å²) in [5.41, 5.74) is 6.61. The van der Waals surface area contributed by atoms with E-state index < -0.39 is 0 Å². The zero-order valence-corrected chi connectivity index (χ0v) is 16.0. The summed E-state index contributed by atoms with van der Waals surface area (Å²) in [5, 5.41) is -0.126. The highest BCUT2D eigenvalue weighted by molar-refractivity contribution is 6.15. The molecule has 0 aromatic carbocycles. The van der Waals surface area contributed by atoms with Crippen LogP contribution in [0.3, 0.4) is 0 Å². The van der Waals surface area contributed by atoms with Gasteiger partial charge in [-0.2, -0.15) is 0 Å². The number of hydrogen-bond donors (Lipinski definition) is 1. The Morgan fingerprint density at radius 3 is 1.81 bits per heavy atom. The Hall–Kier alpha value is 0.0249. The van der Waals surface area contributed by atoms with Crippen molar-refractivity contribution in [2.24, 2.45) is 40.7 Å². The van der Waals surface area contributed by atoms with Gasteiger partial charge < -0.3 is 5.73 Å². The highest BCUT2D eigenvalue weighted by Gasteiger charge is 2.56. The van der Waals surface area contributed by atoms with Crippen molar-refractivity contribution in [1.29, 1.82) is 0 Å². The Morgan fingerprint density at radius 2 is 1.57 bits per heavy atom. The molecule has 122 valence electrons. The van der Waals surface area contributed by atoms with Gasteiger partial charge in [-0.15, -0.1) is 0 Å². The molecule has 21 heavy (non-hydrogen) atoms. The van der Waals surface area contributed by atoms with E-state index >= 15 is 0 Å². The summed E-state index contributed by atoms with van der Waals surface area (Å²) in [6.45, 7) is 20.6. The normalized spacial score (nSPS) is 29.1. The third kappa shape index (κ3) is 4.06. The highest BCUT2D eigenvalue weighted by Crippen LogP contribution is 2.62. The molecule has 5 atom stereocenters. The molecule has 0 bridgehead atoms. The molecule has 0 spiro atoms. The van der Waals surface area contributed by atoms with Crippen molar-refractivity contribution in [1.82, 2.24) is 0 Å². The number of hydrogen-bond acceptors (Lipinski definition) is 1.